The van der Waals surface area contributed by atoms with Crippen LogP contribution in [0.4, 0.5) is 0 Å². The summed E-state index contributed by atoms with van der Waals surface area (Å²) in [7, 11) is 0. The second-order valence-corrected chi connectivity index (χ2v) is 6.31. The zero-order valence-corrected chi connectivity index (χ0v) is 15.8. The van der Waals surface area contributed by atoms with Crippen molar-refractivity contribution in [3.63, 3.8) is 0 Å². The number of carbonyl (C=O) groups excluding carboxylic acids is 1. The summed E-state index contributed by atoms with van der Waals surface area (Å²) in [6.07, 6.45) is 1.11. The van der Waals surface area contributed by atoms with Crippen molar-refractivity contribution in [1.82, 2.24) is 15.4 Å². The Morgan fingerprint density at radius 1 is 1.16 bits per heavy atom. The number of hydrogen-bond acceptors (Lipinski definition) is 4. The zero-order chi connectivity index (χ0) is 18.2. The Hall–Kier alpha value is -2.14. The number of rotatable bonds is 9. The normalized spacial score (nSPS) is 11.1. The molecule has 5 nitrogen and oxygen atoms in total. The minimum Gasteiger partial charge on any atom is -0.361 e. The fourth-order valence-electron chi connectivity index (χ4n) is 2.95. The van der Waals surface area contributed by atoms with Crippen LogP contribution in [0.15, 0.2) is 28.8 Å². The molecule has 0 saturated carbocycles. The highest BCUT2D eigenvalue weighted by Crippen LogP contribution is 2.15. The maximum Gasteiger partial charge on any atom is 0.220 e. The molecule has 5 heteroatoms. The summed E-state index contributed by atoms with van der Waals surface area (Å²) in [5.74, 6) is 0.854. The molecular formula is C20H29N3O2. The van der Waals surface area contributed by atoms with E-state index in [9.17, 15) is 4.79 Å². The molecule has 136 valence electrons. The monoisotopic (exact) mass is 343 g/mol. The van der Waals surface area contributed by atoms with E-state index in [-0.39, 0.29) is 5.91 Å². The van der Waals surface area contributed by atoms with Gasteiger partial charge in [0.05, 0.1) is 5.69 Å². The third kappa shape index (κ3) is 5.43. The minimum atomic E-state index is 0.0534. The summed E-state index contributed by atoms with van der Waals surface area (Å²) in [5, 5.41) is 6.97. The first-order valence-electron chi connectivity index (χ1n) is 9.02. The van der Waals surface area contributed by atoms with Crippen LogP contribution in [0.5, 0.6) is 0 Å². The second-order valence-electron chi connectivity index (χ2n) is 6.31. The van der Waals surface area contributed by atoms with Gasteiger partial charge in [0.2, 0.25) is 5.91 Å². The molecule has 1 heterocycles. The largest absolute Gasteiger partial charge is 0.361 e. The quantitative estimate of drug-likeness (QED) is 0.758. The van der Waals surface area contributed by atoms with Gasteiger partial charge in [0.15, 0.2) is 0 Å². The van der Waals surface area contributed by atoms with Crippen molar-refractivity contribution in [2.75, 3.05) is 13.1 Å². The predicted octanol–water partition coefficient (Wildman–Crippen LogP) is 3.38. The SMILES string of the molecule is CCN(CC)Cc1ccccc1CNC(=O)CCc1c(C)noc1C. The number of carbonyl (C=O) groups is 1. The molecule has 0 aliphatic rings. The number of nitrogens with one attached hydrogen (secondary N) is 1. The van der Waals surface area contributed by atoms with Crippen LogP contribution in [0, 0.1) is 13.8 Å². The first-order valence-corrected chi connectivity index (χ1v) is 9.02. The van der Waals surface area contributed by atoms with E-state index < -0.39 is 0 Å². The van der Waals surface area contributed by atoms with Gasteiger partial charge >= 0.3 is 0 Å². The van der Waals surface area contributed by atoms with Crippen LogP contribution in [0.25, 0.3) is 0 Å². The molecule has 1 amide bonds. The van der Waals surface area contributed by atoms with Crippen LogP contribution in [-0.4, -0.2) is 29.1 Å². The average molecular weight is 343 g/mol. The number of nitrogens with zero attached hydrogens (tertiary/aromatic N) is 2. The molecule has 2 aromatic rings. The third-order valence-electron chi connectivity index (χ3n) is 4.67. The molecule has 0 bridgehead atoms. The van der Waals surface area contributed by atoms with E-state index in [1.54, 1.807) is 0 Å². The van der Waals surface area contributed by atoms with E-state index in [0.717, 1.165) is 36.7 Å². The molecule has 0 radical (unpaired) electrons. The topological polar surface area (TPSA) is 58.4 Å². The number of benzene rings is 1. The lowest BCUT2D eigenvalue weighted by Crippen LogP contribution is -2.26. The summed E-state index contributed by atoms with van der Waals surface area (Å²) >= 11 is 0. The number of amides is 1. The van der Waals surface area contributed by atoms with Crippen molar-refractivity contribution in [2.45, 2.75) is 53.6 Å². The molecule has 0 spiro atoms. The van der Waals surface area contributed by atoms with Crippen LogP contribution in [0.1, 0.15) is 48.4 Å². The molecule has 2 rings (SSSR count). The molecular weight excluding hydrogens is 314 g/mol. The van der Waals surface area contributed by atoms with Gasteiger partial charge in [0.1, 0.15) is 5.76 Å². The molecule has 0 atom stereocenters. The Morgan fingerprint density at radius 2 is 1.84 bits per heavy atom. The van der Waals surface area contributed by atoms with Crippen molar-refractivity contribution < 1.29 is 9.32 Å². The lowest BCUT2D eigenvalue weighted by atomic mass is 10.1. The van der Waals surface area contributed by atoms with E-state index >= 15 is 0 Å². The second kappa shape index (κ2) is 9.37. The molecule has 0 saturated heterocycles. The van der Waals surface area contributed by atoms with Gasteiger partial charge in [-0.05, 0) is 44.5 Å². The van der Waals surface area contributed by atoms with Crippen molar-refractivity contribution in [3.8, 4) is 0 Å². The Balaban J connectivity index is 1.89. The van der Waals surface area contributed by atoms with Crippen molar-refractivity contribution in [1.29, 1.82) is 0 Å². The maximum absolute atomic E-state index is 12.2. The van der Waals surface area contributed by atoms with Gasteiger partial charge < -0.3 is 9.84 Å². The van der Waals surface area contributed by atoms with E-state index in [2.05, 4.69) is 47.4 Å². The minimum absolute atomic E-state index is 0.0534. The lowest BCUT2D eigenvalue weighted by Gasteiger charge is -2.20. The number of aryl methyl sites for hydroxylation is 2. The molecule has 1 N–H and O–H groups in total. The highest BCUT2D eigenvalue weighted by Gasteiger charge is 2.12. The highest BCUT2D eigenvalue weighted by atomic mass is 16.5. The lowest BCUT2D eigenvalue weighted by molar-refractivity contribution is -0.121. The molecule has 0 fully saturated rings. The van der Waals surface area contributed by atoms with Gasteiger partial charge in [0.25, 0.3) is 0 Å². The van der Waals surface area contributed by atoms with E-state index in [0.29, 0.717) is 19.4 Å². The predicted molar refractivity (Wildman–Crippen MR) is 99.2 cm³/mol. The van der Waals surface area contributed by atoms with Gasteiger partial charge in [-0.1, -0.05) is 43.3 Å². The maximum atomic E-state index is 12.2. The van der Waals surface area contributed by atoms with Crippen LogP contribution >= 0.6 is 0 Å². The van der Waals surface area contributed by atoms with E-state index in [1.807, 2.05) is 19.9 Å². The Labute approximate surface area is 150 Å². The molecule has 25 heavy (non-hydrogen) atoms. The zero-order valence-electron chi connectivity index (χ0n) is 15.8. The van der Waals surface area contributed by atoms with Crippen LogP contribution in [0.2, 0.25) is 0 Å². The fraction of sp³-hybridized carbons (Fsp3) is 0.500. The summed E-state index contributed by atoms with van der Waals surface area (Å²) in [4.78, 5) is 14.6. The van der Waals surface area contributed by atoms with Crippen LogP contribution in [0.3, 0.4) is 0 Å². The average Bonchev–Trinajstić information content (AvgIpc) is 2.94. The first-order chi connectivity index (χ1) is 12.0. The summed E-state index contributed by atoms with van der Waals surface area (Å²) in [5.41, 5.74) is 4.37. The molecule has 1 aromatic carbocycles. The fourth-order valence-corrected chi connectivity index (χ4v) is 2.95. The van der Waals surface area contributed by atoms with Crippen LogP contribution < -0.4 is 5.32 Å². The van der Waals surface area contributed by atoms with Gasteiger partial charge in [-0.25, -0.2) is 0 Å². The van der Waals surface area contributed by atoms with Gasteiger partial charge in [-0.3, -0.25) is 9.69 Å². The summed E-state index contributed by atoms with van der Waals surface area (Å²) in [6, 6.07) is 8.32. The van der Waals surface area contributed by atoms with Gasteiger partial charge in [-0.15, -0.1) is 0 Å². The number of aromatic nitrogens is 1. The van der Waals surface area contributed by atoms with Crippen molar-refractivity contribution in [3.05, 3.63) is 52.4 Å². The molecule has 0 unspecified atom stereocenters. The summed E-state index contributed by atoms with van der Waals surface area (Å²) < 4.78 is 5.14. The third-order valence-corrected chi connectivity index (χ3v) is 4.67. The van der Waals surface area contributed by atoms with Crippen molar-refractivity contribution in [2.24, 2.45) is 0 Å². The van der Waals surface area contributed by atoms with Gasteiger partial charge in [0, 0.05) is 25.1 Å². The molecule has 1 aromatic heterocycles. The standard InChI is InChI=1S/C20H29N3O2/c1-5-23(6-2)14-18-10-8-7-9-17(18)13-21-20(24)12-11-19-15(3)22-25-16(19)4/h7-10H,5-6,11-14H2,1-4H3,(H,21,24). The number of hydrogen-bond donors (Lipinski definition) is 1. The Morgan fingerprint density at radius 3 is 2.44 bits per heavy atom. The van der Waals surface area contributed by atoms with E-state index in [4.69, 9.17) is 4.52 Å². The van der Waals surface area contributed by atoms with Crippen LogP contribution in [-0.2, 0) is 24.3 Å². The smallest absolute Gasteiger partial charge is 0.220 e. The van der Waals surface area contributed by atoms with Gasteiger partial charge in [-0.2, -0.15) is 0 Å². The summed E-state index contributed by atoms with van der Waals surface area (Å²) in [6.45, 7) is 11.7. The molecule has 0 aliphatic carbocycles. The Bertz CT molecular complexity index is 670. The first kappa shape index (κ1) is 19.2. The molecule has 0 aliphatic heterocycles. The van der Waals surface area contributed by atoms with E-state index in [1.165, 1.54) is 11.1 Å². The highest BCUT2D eigenvalue weighted by molar-refractivity contribution is 5.76. The van der Waals surface area contributed by atoms with Crippen molar-refractivity contribution >= 4 is 5.91 Å². The Kier molecular flexibility index (Phi) is 7.19.